The first-order valence-corrected chi connectivity index (χ1v) is 9.69. The Labute approximate surface area is 165 Å². The van der Waals surface area contributed by atoms with Crippen LogP contribution in [0.25, 0.3) is 10.9 Å². The fraction of sp³-hybridized carbons (Fsp3) is 0.364. The van der Waals surface area contributed by atoms with Crippen molar-refractivity contribution in [1.82, 2.24) is 14.9 Å². The van der Waals surface area contributed by atoms with Crippen molar-refractivity contribution in [3.8, 4) is 11.5 Å². The average molecular weight is 378 g/mol. The molecule has 146 valence electrons. The van der Waals surface area contributed by atoms with Crippen LogP contribution in [0.5, 0.6) is 11.5 Å². The minimum atomic E-state index is 0.643. The van der Waals surface area contributed by atoms with Gasteiger partial charge < -0.3 is 14.8 Å². The number of anilines is 1. The zero-order chi connectivity index (χ0) is 19.3. The van der Waals surface area contributed by atoms with E-state index < -0.39 is 0 Å². The van der Waals surface area contributed by atoms with E-state index >= 15 is 0 Å². The summed E-state index contributed by atoms with van der Waals surface area (Å²) < 4.78 is 10.7. The number of ether oxygens (including phenoxy) is 2. The van der Waals surface area contributed by atoms with Gasteiger partial charge in [-0.15, -0.1) is 0 Å². The number of hydrogen-bond donors (Lipinski definition) is 1. The molecule has 0 atom stereocenters. The minimum absolute atomic E-state index is 0.643. The smallest absolute Gasteiger partial charge is 0.161 e. The number of para-hydroxylation sites is 1. The summed E-state index contributed by atoms with van der Waals surface area (Å²) in [6.07, 6.45) is 2.52. The van der Waals surface area contributed by atoms with Gasteiger partial charge in [0.1, 0.15) is 11.6 Å². The monoisotopic (exact) mass is 378 g/mol. The van der Waals surface area contributed by atoms with Crippen LogP contribution in [0.15, 0.2) is 42.5 Å². The molecule has 1 N–H and O–H groups in total. The van der Waals surface area contributed by atoms with Crippen LogP contribution in [0, 0.1) is 0 Å². The summed E-state index contributed by atoms with van der Waals surface area (Å²) >= 11 is 0. The Morgan fingerprint density at radius 3 is 2.54 bits per heavy atom. The van der Waals surface area contributed by atoms with E-state index in [9.17, 15) is 0 Å². The second-order valence-electron chi connectivity index (χ2n) is 7.03. The first-order chi connectivity index (χ1) is 13.8. The van der Waals surface area contributed by atoms with Crippen molar-refractivity contribution < 1.29 is 9.47 Å². The van der Waals surface area contributed by atoms with E-state index in [0.717, 1.165) is 59.2 Å². The molecular weight excluding hydrogens is 352 g/mol. The molecule has 0 saturated carbocycles. The number of likely N-dealkylation sites (tertiary alicyclic amines) is 1. The molecule has 4 rings (SSSR count). The maximum Gasteiger partial charge on any atom is 0.161 e. The quantitative estimate of drug-likeness (QED) is 0.674. The topological polar surface area (TPSA) is 59.5 Å². The molecule has 0 radical (unpaired) electrons. The minimum Gasteiger partial charge on any atom is -0.493 e. The Morgan fingerprint density at radius 1 is 0.964 bits per heavy atom. The van der Waals surface area contributed by atoms with Gasteiger partial charge in [-0.2, -0.15) is 0 Å². The molecule has 6 nitrogen and oxygen atoms in total. The molecule has 1 saturated heterocycles. The zero-order valence-electron chi connectivity index (χ0n) is 16.4. The van der Waals surface area contributed by atoms with E-state index in [-0.39, 0.29) is 0 Å². The molecule has 0 unspecified atom stereocenters. The predicted molar refractivity (Wildman–Crippen MR) is 111 cm³/mol. The Balaban J connectivity index is 1.58. The van der Waals surface area contributed by atoms with Gasteiger partial charge in [0.25, 0.3) is 0 Å². The van der Waals surface area contributed by atoms with Gasteiger partial charge >= 0.3 is 0 Å². The Bertz CT molecular complexity index is 954. The van der Waals surface area contributed by atoms with Gasteiger partial charge in [0, 0.05) is 11.9 Å². The molecule has 0 amide bonds. The summed E-state index contributed by atoms with van der Waals surface area (Å²) in [6.45, 7) is 3.70. The third kappa shape index (κ3) is 4.02. The van der Waals surface area contributed by atoms with Crippen LogP contribution in [-0.2, 0) is 13.1 Å². The molecule has 0 aliphatic carbocycles. The van der Waals surface area contributed by atoms with Gasteiger partial charge in [-0.25, -0.2) is 9.97 Å². The summed E-state index contributed by atoms with van der Waals surface area (Å²) in [4.78, 5) is 12.0. The van der Waals surface area contributed by atoms with Crippen LogP contribution in [0.3, 0.4) is 0 Å². The summed E-state index contributed by atoms with van der Waals surface area (Å²) in [6, 6.07) is 14.1. The predicted octanol–water partition coefficient (Wildman–Crippen LogP) is 3.85. The normalized spacial score (nSPS) is 14.4. The SMILES string of the molecule is COc1ccc(CNc2nc(CN3CCCC3)nc3ccccc23)cc1OC. The first-order valence-electron chi connectivity index (χ1n) is 9.69. The van der Waals surface area contributed by atoms with Gasteiger partial charge in [-0.05, 0) is 55.8 Å². The number of fused-ring (bicyclic) bond motifs is 1. The maximum atomic E-state index is 5.41. The number of hydrogen-bond acceptors (Lipinski definition) is 6. The van der Waals surface area contributed by atoms with E-state index in [1.165, 1.54) is 12.8 Å². The van der Waals surface area contributed by atoms with E-state index in [4.69, 9.17) is 19.4 Å². The van der Waals surface area contributed by atoms with Gasteiger partial charge in [-0.1, -0.05) is 18.2 Å². The van der Waals surface area contributed by atoms with E-state index in [1.54, 1.807) is 14.2 Å². The molecule has 0 bridgehead atoms. The Kier molecular flexibility index (Phi) is 5.58. The van der Waals surface area contributed by atoms with Gasteiger partial charge in [-0.3, -0.25) is 4.90 Å². The third-order valence-electron chi connectivity index (χ3n) is 5.12. The number of methoxy groups -OCH3 is 2. The van der Waals surface area contributed by atoms with Gasteiger partial charge in [0.15, 0.2) is 11.5 Å². The largest absolute Gasteiger partial charge is 0.493 e. The lowest BCUT2D eigenvalue weighted by Gasteiger charge is -2.16. The lowest BCUT2D eigenvalue weighted by molar-refractivity contribution is 0.323. The average Bonchev–Trinajstić information content (AvgIpc) is 3.24. The van der Waals surface area contributed by atoms with Crippen LogP contribution in [-0.4, -0.2) is 42.2 Å². The fourth-order valence-electron chi connectivity index (χ4n) is 3.65. The summed E-state index contributed by atoms with van der Waals surface area (Å²) in [7, 11) is 3.29. The number of nitrogens with zero attached hydrogens (tertiary/aromatic N) is 3. The zero-order valence-corrected chi connectivity index (χ0v) is 16.4. The molecule has 0 spiro atoms. The maximum absolute atomic E-state index is 5.41. The summed E-state index contributed by atoms with van der Waals surface area (Å²) in [5, 5.41) is 4.53. The molecule has 1 aromatic heterocycles. The van der Waals surface area contributed by atoms with Crippen LogP contribution in [0.1, 0.15) is 24.2 Å². The van der Waals surface area contributed by atoms with Crippen molar-refractivity contribution in [2.75, 3.05) is 32.6 Å². The molecule has 1 aliphatic rings. The van der Waals surface area contributed by atoms with Crippen molar-refractivity contribution in [2.45, 2.75) is 25.9 Å². The lowest BCUT2D eigenvalue weighted by atomic mass is 10.2. The van der Waals surface area contributed by atoms with E-state index in [0.29, 0.717) is 6.54 Å². The van der Waals surface area contributed by atoms with Crippen LogP contribution >= 0.6 is 0 Å². The van der Waals surface area contributed by atoms with Crippen molar-refractivity contribution in [3.05, 3.63) is 53.9 Å². The van der Waals surface area contributed by atoms with Crippen LogP contribution < -0.4 is 14.8 Å². The highest BCUT2D eigenvalue weighted by molar-refractivity contribution is 5.88. The van der Waals surface area contributed by atoms with Crippen LogP contribution in [0.4, 0.5) is 5.82 Å². The number of nitrogens with one attached hydrogen (secondary N) is 1. The van der Waals surface area contributed by atoms with E-state index in [1.807, 2.05) is 36.4 Å². The second-order valence-corrected chi connectivity index (χ2v) is 7.03. The molecule has 28 heavy (non-hydrogen) atoms. The second kappa shape index (κ2) is 8.44. The molecule has 2 heterocycles. The highest BCUT2D eigenvalue weighted by Gasteiger charge is 2.15. The van der Waals surface area contributed by atoms with E-state index in [2.05, 4.69) is 16.3 Å². The molecule has 6 heteroatoms. The molecule has 1 aliphatic heterocycles. The molecule has 1 fully saturated rings. The highest BCUT2D eigenvalue weighted by Crippen LogP contribution is 2.28. The van der Waals surface area contributed by atoms with Gasteiger partial charge in [0.2, 0.25) is 0 Å². The summed E-state index contributed by atoms with van der Waals surface area (Å²) in [5.41, 5.74) is 2.07. The number of aromatic nitrogens is 2. The fourth-order valence-corrected chi connectivity index (χ4v) is 3.65. The lowest BCUT2D eigenvalue weighted by Crippen LogP contribution is -2.20. The van der Waals surface area contributed by atoms with Gasteiger partial charge in [0.05, 0.1) is 26.3 Å². The standard InChI is InChI=1S/C22H26N4O2/c1-27-19-10-9-16(13-20(19)28-2)14-23-22-17-7-3-4-8-18(17)24-21(25-22)15-26-11-5-6-12-26/h3-4,7-10,13H,5-6,11-12,14-15H2,1-2H3,(H,23,24,25). The number of benzene rings is 2. The molecule has 2 aromatic carbocycles. The Hall–Kier alpha value is -2.86. The summed E-state index contributed by atoms with van der Waals surface area (Å²) in [5.74, 6) is 3.20. The van der Waals surface area contributed by atoms with Crippen molar-refractivity contribution in [2.24, 2.45) is 0 Å². The van der Waals surface area contributed by atoms with Crippen LogP contribution in [0.2, 0.25) is 0 Å². The van der Waals surface area contributed by atoms with Crippen molar-refractivity contribution >= 4 is 16.7 Å². The molecular formula is C22H26N4O2. The number of rotatable bonds is 7. The van der Waals surface area contributed by atoms with Crippen molar-refractivity contribution in [1.29, 1.82) is 0 Å². The third-order valence-corrected chi connectivity index (χ3v) is 5.12. The first kappa shape index (κ1) is 18.5. The molecule has 3 aromatic rings. The Morgan fingerprint density at radius 2 is 1.75 bits per heavy atom. The van der Waals surface area contributed by atoms with Crippen molar-refractivity contribution in [3.63, 3.8) is 0 Å². The highest BCUT2D eigenvalue weighted by atomic mass is 16.5.